The van der Waals surface area contributed by atoms with E-state index < -0.39 is 18.2 Å². The van der Waals surface area contributed by atoms with E-state index >= 15 is 0 Å². The van der Waals surface area contributed by atoms with Crippen LogP contribution in [0.3, 0.4) is 0 Å². The molecular weight excluding hydrogens is 358 g/mol. The molecule has 6 nitrogen and oxygen atoms in total. The Kier molecular flexibility index (Phi) is 8.09. The summed E-state index contributed by atoms with van der Waals surface area (Å²) in [4.78, 5) is 24.6. The highest BCUT2D eigenvalue weighted by molar-refractivity contribution is 6.16. The average Bonchev–Trinajstić information content (AvgIpc) is 2.74. The summed E-state index contributed by atoms with van der Waals surface area (Å²) in [6, 6.07) is 16.5. The number of ether oxygens (including phenoxy) is 3. The number of alkyl carbamates (subject to hydrolysis) is 1. The van der Waals surface area contributed by atoms with Crippen LogP contribution in [0.15, 0.2) is 60.9 Å². The molecule has 0 bridgehead atoms. The minimum Gasteiger partial charge on any atom is -0.503 e. The Morgan fingerprint density at radius 3 is 2.36 bits per heavy atom. The average molecular weight is 383 g/mol. The second kappa shape index (κ2) is 10.8. The number of hydrogen-bond acceptors (Lipinski definition) is 5. The van der Waals surface area contributed by atoms with E-state index in [9.17, 15) is 9.59 Å². The van der Waals surface area contributed by atoms with Crippen LogP contribution in [0, 0.1) is 0 Å². The van der Waals surface area contributed by atoms with Gasteiger partial charge in [-0.05, 0) is 17.5 Å². The van der Waals surface area contributed by atoms with E-state index in [1.54, 1.807) is 12.1 Å². The molecule has 1 unspecified atom stereocenters. The summed E-state index contributed by atoms with van der Waals surface area (Å²) < 4.78 is 15.7. The minimum absolute atomic E-state index is 0.235. The van der Waals surface area contributed by atoms with Gasteiger partial charge in [-0.25, -0.2) is 9.59 Å². The molecule has 0 aliphatic heterocycles. The second-order valence-corrected chi connectivity index (χ2v) is 5.97. The van der Waals surface area contributed by atoms with Gasteiger partial charge in [0, 0.05) is 12.1 Å². The van der Waals surface area contributed by atoms with Crippen LogP contribution in [-0.4, -0.2) is 32.8 Å². The summed E-state index contributed by atoms with van der Waals surface area (Å²) in [5.41, 5.74) is 2.23. The zero-order valence-corrected chi connectivity index (χ0v) is 16.3. The van der Waals surface area contributed by atoms with E-state index in [1.165, 1.54) is 20.5 Å². The van der Waals surface area contributed by atoms with E-state index in [4.69, 9.17) is 14.2 Å². The van der Waals surface area contributed by atoms with Crippen molar-refractivity contribution in [2.45, 2.75) is 19.4 Å². The molecule has 0 aliphatic carbocycles. The van der Waals surface area contributed by atoms with Gasteiger partial charge in [-0.2, -0.15) is 0 Å². The van der Waals surface area contributed by atoms with Crippen LogP contribution in [-0.2, 0) is 19.0 Å². The molecule has 148 valence electrons. The first-order valence-electron chi connectivity index (χ1n) is 9.02. The standard InChI is InChI=1S/C22H25NO5/c1-4-14-23-22(25)28-20(16-10-6-5-7-11-16)18-13-9-8-12-17(18)19(15-26-2)21(24)27-3/h5-13,15,20H,4,14H2,1-3H3,(H,23,25). The fraction of sp³-hybridized carbons (Fsp3) is 0.273. The lowest BCUT2D eigenvalue weighted by Crippen LogP contribution is -2.27. The van der Waals surface area contributed by atoms with E-state index in [0.29, 0.717) is 17.7 Å². The Balaban J connectivity index is 2.53. The summed E-state index contributed by atoms with van der Waals surface area (Å²) in [5.74, 6) is -0.545. The van der Waals surface area contributed by atoms with Gasteiger partial charge in [-0.3, -0.25) is 0 Å². The minimum atomic E-state index is -0.709. The zero-order chi connectivity index (χ0) is 20.4. The molecule has 0 fully saturated rings. The molecule has 1 atom stereocenters. The fourth-order valence-corrected chi connectivity index (χ4v) is 2.73. The monoisotopic (exact) mass is 383 g/mol. The number of esters is 1. The highest BCUT2D eigenvalue weighted by atomic mass is 16.6. The van der Waals surface area contributed by atoms with Crippen LogP contribution in [0.25, 0.3) is 5.57 Å². The number of rotatable bonds is 8. The largest absolute Gasteiger partial charge is 0.503 e. The van der Waals surface area contributed by atoms with Crippen molar-refractivity contribution < 1.29 is 23.8 Å². The van der Waals surface area contributed by atoms with Crippen LogP contribution in [0.4, 0.5) is 4.79 Å². The molecule has 0 aromatic heterocycles. The maximum absolute atomic E-state index is 12.3. The topological polar surface area (TPSA) is 73.9 Å². The molecule has 0 saturated carbocycles. The van der Waals surface area contributed by atoms with Crippen molar-refractivity contribution in [3.63, 3.8) is 0 Å². The van der Waals surface area contributed by atoms with Gasteiger partial charge in [0.15, 0.2) is 6.10 Å². The van der Waals surface area contributed by atoms with Gasteiger partial charge in [-0.1, -0.05) is 61.5 Å². The molecule has 0 saturated heterocycles. The molecule has 2 rings (SSSR count). The maximum Gasteiger partial charge on any atom is 0.408 e. The summed E-state index contributed by atoms with van der Waals surface area (Å²) in [6.07, 6.45) is 0.884. The van der Waals surface area contributed by atoms with Crippen molar-refractivity contribution in [3.8, 4) is 0 Å². The number of methoxy groups -OCH3 is 2. The van der Waals surface area contributed by atoms with E-state index in [0.717, 1.165) is 12.0 Å². The molecule has 1 amide bonds. The molecule has 0 heterocycles. The Morgan fingerprint density at radius 2 is 1.71 bits per heavy atom. The normalized spacial score (nSPS) is 12.0. The number of carbonyl (C=O) groups is 2. The smallest absolute Gasteiger partial charge is 0.408 e. The highest BCUT2D eigenvalue weighted by Crippen LogP contribution is 2.32. The van der Waals surface area contributed by atoms with Crippen molar-refractivity contribution in [1.82, 2.24) is 5.32 Å². The third-order valence-electron chi connectivity index (χ3n) is 4.02. The van der Waals surface area contributed by atoms with Gasteiger partial charge in [0.05, 0.1) is 20.5 Å². The van der Waals surface area contributed by atoms with Gasteiger partial charge in [0.25, 0.3) is 0 Å². The predicted octanol–water partition coefficient (Wildman–Crippen LogP) is 4.07. The molecule has 0 aliphatic rings. The summed E-state index contributed by atoms with van der Waals surface area (Å²) in [6.45, 7) is 2.47. The van der Waals surface area contributed by atoms with Crippen LogP contribution >= 0.6 is 0 Å². The van der Waals surface area contributed by atoms with Gasteiger partial charge < -0.3 is 19.5 Å². The van der Waals surface area contributed by atoms with E-state index in [-0.39, 0.29) is 5.57 Å². The SMILES string of the molecule is CCCNC(=O)OC(c1ccccc1)c1ccccc1C(=COC)C(=O)OC. The highest BCUT2D eigenvalue weighted by Gasteiger charge is 2.25. The number of carbonyl (C=O) groups excluding carboxylic acids is 2. The van der Waals surface area contributed by atoms with Crippen molar-refractivity contribution in [3.05, 3.63) is 77.5 Å². The Labute approximate surface area is 165 Å². The molecular formula is C22H25NO5. The number of nitrogens with one attached hydrogen (secondary N) is 1. The number of hydrogen-bond donors (Lipinski definition) is 1. The van der Waals surface area contributed by atoms with Crippen molar-refractivity contribution in [2.24, 2.45) is 0 Å². The molecule has 0 spiro atoms. The lowest BCUT2D eigenvalue weighted by Gasteiger charge is -2.22. The molecule has 2 aromatic rings. The van der Waals surface area contributed by atoms with Crippen LogP contribution < -0.4 is 5.32 Å². The Hall–Kier alpha value is -3.28. The molecule has 28 heavy (non-hydrogen) atoms. The van der Waals surface area contributed by atoms with Crippen LogP contribution in [0.2, 0.25) is 0 Å². The summed E-state index contributed by atoms with van der Waals surface area (Å²) in [5, 5.41) is 2.72. The quantitative estimate of drug-likeness (QED) is 0.422. The van der Waals surface area contributed by atoms with Crippen LogP contribution in [0.1, 0.15) is 36.1 Å². The first kappa shape index (κ1) is 21.0. The first-order valence-corrected chi connectivity index (χ1v) is 9.02. The van der Waals surface area contributed by atoms with Gasteiger partial charge in [-0.15, -0.1) is 0 Å². The van der Waals surface area contributed by atoms with Crippen LogP contribution in [0.5, 0.6) is 0 Å². The lowest BCUT2D eigenvalue weighted by atomic mass is 9.93. The number of benzene rings is 2. The molecule has 1 N–H and O–H groups in total. The van der Waals surface area contributed by atoms with Crippen molar-refractivity contribution in [1.29, 1.82) is 0 Å². The Bertz CT molecular complexity index is 817. The Morgan fingerprint density at radius 1 is 1.04 bits per heavy atom. The van der Waals surface area contributed by atoms with Crippen molar-refractivity contribution >= 4 is 17.6 Å². The number of amides is 1. The predicted molar refractivity (Wildman–Crippen MR) is 107 cm³/mol. The zero-order valence-electron chi connectivity index (χ0n) is 16.3. The lowest BCUT2D eigenvalue weighted by molar-refractivity contribution is -0.133. The third kappa shape index (κ3) is 5.36. The van der Waals surface area contributed by atoms with Gasteiger partial charge in [0.1, 0.15) is 5.57 Å². The summed E-state index contributed by atoms with van der Waals surface area (Å²) in [7, 11) is 2.76. The summed E-state index contributed by atoms with van der Waals surface area (Å²) >= 11 is 0. The van der Waals surface area contributed by atoms with Crippen molar-refractivity contribution in [2.75, 3.05) is 20.8 Å². The molecule has 0 radical (unpaired) electrons. The molecule has 6 heteroatoms. The van der Waals surface area contributed by atoms with E-state index in [2.05, 4.69) is 5.32 Å². The van der Waals surface area contributed by atoms with E-state index in [1.807, 2.05) is 49.4 Å². The molecule has 2 aromatic carbocycles. The van der Waals surface area contributed by atoms with Gasteiger partial charge in [0.2, 0.25) is 0 Å². The first-order chi connectivity index (χ1) is 13.6. The van der Waals surface area contributed by atoms with Gasteiger partial charge >= 0.3 is 12.1 Å². The third-order valence-corrected chi connectivity index (χ3v) is 4.02. The fourth-order valence-electron chi connectivity index (χ4n) is 2.73. The second-order valence-electron chi connectivity index (χ2n) is 5.97. The maximum atomic E-state index is 12.3.